The molecule has 0 aliphatic heterocycles. The third-order valence-corrected chi connectivity index (χ3v) is 2.89. The number of carboxylic acid groups (broad SMARTS) is 1. The van der Waals surface area contributed by atoms with E-state index >= 15 is 0 Å². The first kappa shape index (κ1) is 14.5. The Morgan fingerprint density at radius 2 is 2.00 bits per heavy atom. The van der Waals surface area contributed by atoms with Gasteiger partial charge >= 0.3 is 5.97 Å². The van der Waals surface area contributed by atoms with Crippen LogP contribution in [0.4, 0.5) is 0 Å². The molecule has 1 rings (SSSR count). The lowest BCUT2D eigenvalue weighted by molar-refractivity contribution is -0.137. The van der Waals surface area contributed by atoms with Gasteiger partial charge in [0.05, 0.1) is 12.1 Å². The van der Waals surface area contributed by atoms with Crippen molar-refractivity contribution >= 4 is 23.4 Å². The second kappa shape index (κ2) is 6.40. The summed E-state index contributed by atoms with van der Waals surface area (Å²) >= 11 is 5.96. The maximum Gasteiger partial charge on any atom is 0.303 e. The van der Waals surface area contributed by atoms with Gasteiger partial charge < -0.3 is 9.84 Å². The largest absolute Gasteiger partial charge is 0.495 e. The smallest absolute Gasteiger partial charge is 0.303 e. The zero-order valence-electron chi connectivity index (χ0n) is 10.3. The number of Topliss-reactive ketones (excluding diaryl/α,β-unsaturated/α-hetero) is 1. The van der Waals surface area contributed by atoms with Crippen LogP contribution in [-0.2, 0) is 4.79 Å². The molecule has 0 aliphatic rings. The topological polar surface area (TPSA) is 63.6 Å². The van der Waals surface area contributed by atoms with E-state index in [2.05, 4.69) is 0 Å². The van der Waals surface area contributed by atoms with Crippen molar-refractivity contribution < 1.29 is 19.4 Å². The molecule has 0 saturated heterocycles. The van der Waals surface area contributed by atoms with Crippen LogP contribution < -0.4 is 4.74 Å². The third kappa shape index (κ3) is 3.74. The van der Waals surface area contributed by atoms with Crippen LogP contribution in [0.2, 0.25) is 5.02 Å². The predicted octanol–water partition coefficient (Wildman–Crippen LogP) is 3.09. The van der Waals surface area contributed by atoms with Crippen molar-refractivity contribution in [2.75, 3.05) is 7.11 Å². The Morgan fingerprint density at radius 1 is 1.33 bits per heavy atom. The molecule has 0 amide bonds. The minimum atomic E-state index is -0.896. The molecule has 0 atom stereocenters. The molecule has 98 valence electrons. The summed E-state index contributed by atoms with van der Waals surface area (Å²) in [5.41, 5.74) is 1.29. The van der Waals surface area contributed by atoms with Crippen molar-refractivity contribution in [3.05, 3.63) is 28.3 Å². The number of carbonyl (C=O) groups is 2. The summed E-state index contributed by atoms with van der Waals surface area (Å²) in [6.45, 7) is 1.79. The quantitative estimate of drug-likeness (QED) is 0.807. The van der Waals surface area contributed by atoms with Gasteiger partial charge in [0.15, 0.2) is 5.78 Å². The molecule has 0 heterocycles. The van der Waals surface area contributed by atoms with Crippen molar-refractivity contribution in [1.29, 1.82) is 0 Å². The van der Waals surface area contributed by atoms with E-state index in [1.165, 1.54) is 7.11 Å². The number of benzene rings is 1. The van der Waals surface area contributed by atoms with E-state index in [4.69, 9.17) is 21.4 Å². The normalized spacial score (nSPS) is 10.2. The van der Waals surface area contributed by atoms with E-state index in [-0.39, 0.29) is 18.6 Å². The van der Waals surface area contributed by atoms with E-state index in [1.807, 2.05) is 0 Å². The number of rotatable bonds is 6. The minimum Gasteiger partial charge on any atom is -0.495 e. The molecule has 0 bridgehead atoms. The predicted molar refractivity (Wildman–Crippen MR) is 68.6 cm³/mol. The number of hydrogen-bond donors (Lipinski definition) is 1. The average Bonchev–Trinajstić information content (AvgIpc) is 2.30. The van der Waals surface area contributed by atoms with Crippen molar-refractivity contribution in [2.45, 2.75) is 26.2 Å². The molecule has 5 heteroatoms. The standard InChI is InChI=1S/C13H15ClO4/c1-8-6-12(18-2)10(14)7-9(8)11(15)4-3-5-13(16)17/h6-7H,3-5H2,1-2H3,(H,16,17). The summed E-state index contributed by atoms with van der Waals surface area (Å²) in [5.74, 6) is -0.471. The van der Waals surface area contributed by atoms with Crippen molar-refractivity contribution in [2.24, 2.45) is 0 Å². The van der Waals surface area contributed by atoms with Gasteiger partial charge in [-0.25, -0.2) is 0 Å². The van der Waals surface area contributed by atoms with E-state index in [1.54, 1.807) is 19.1 Å². The molecule has 4 nitrogen and oxygen atoms in total. The highest BCUT2D eigenvalue weighted by Crippen LogP contribution is 2.28. The molecular weight excluding hydrogens is 256 g/mol. The van der Waals surface area contributed by atoms with Gasteiger partial charge in [-0.3, -0.25) is 9.59 Å². The zero-order chi connectivity index (χ0) is 13.7. The number of aliphatic carboxylic acids is 1. The maximum absolute atomic E-state index is 11.9. The lowest BCUT2D eigenvalue weighted by atomic mass is 10.0. The van der Waals surface area contributed by atoms with Gasteiger partial charge in [-0.05, 0) is 31.0 Å². The second-order valence-corrected chi connectivity index (χ2v) is 4.38. The molecular formula is C13H15ClO4. The number of carbonyl (C=O) groups excluding carboxylic acids is 1. The Morgan fingerprint density at radius 3 is 2.56 bits per heavy atom. The van der Waals surface area contributed by atoms with Gasteiger partial charge in [-0.15, -0.1) is 0 Å². The number of ether oxygens (including phenoxy) is 1. The van der Waals surface area contributed by atoms with Gasteiger partial charge in [-0.2, -0.15) is 0 Å². The summed E-state index contributed by atoms with van der Waals surface area (Å²) < 4.78 is 5.05. The second-order valence-electron chi connectivity index (χ2n) is 3.97. The SMILES string of the molecule is COc1cc(C)c(C(=O)CCCC(=O)O)cc1Cl. The Labute approximate surface area is 111 Å². The molecule has 0 aliphatic carbocycles. The highest BCUT2D eigenvalue weighted by atomic mass is 35.5. The van der Waals surface area contributed by atoms with E-state index < -0.39 is 5.97 Å². The van der Waals surface area contributed by atoms with Crippen molar-refractivity contribution in [3.63, 3.8) is 0 Å². The van der Waals surface area contributed by atoms with Crippen LogP contribution in [0.5, 0.6) is 5.75 Å². The van der Waals surface area contributed by atoms with Gasteiger partial charge in [0.1, 0.15) is 5.75 Å². The van der Waals surface area contributed by atoms with Crippen LogP contribution in [0.1, 0.15) is 35.2 Å². The van der Waals surface area contributed by atoms with E-state index in [0.29, 0.717) is 22.8 Å². The minimum absolute atomic E-state index is 0.00528. The highest BCUT2D eigenvalue weighted by molar-refractivity contribution is 6.32. The number of methoxy groups -OCH3 is 1. The Bertz CT molecular complexity index is 468. The summed E-state index contributed by atoms with van der Waals surface area (Å²) in [5, 5.41) is 8.89. The van der Waals surface area contributed by atoms with Crippen LogP contribution in [0.3, 0.4) is 0 Å². The van der Waals surface area contributed by atoms with E-state index in [9.17, 15) is 9.59 Å². The number of aryl methyl sites for hydroxylation is 1. The number of carboxylic acids is 1. The molecule has 18 heavy (non-hydrogen) atoms. The van der Waals surface area contributed by atoms with Gasteiger partial charge in [0.25, 0.3) is 0 Å². The number of hydrogen-bond acceptors (Lipinski definition) is 3. The molecule has 0 spiro atoms. The lowest BCUT2D eigenvalue weighted by Crippen LogP contribution is -2.04. The molecule has 0 radical (unpaired) electrons. The molecule has 0 unspecified atom stereocenters. The van der Waals surface area contributed by atoms with Crippen LogP contribution in [0, 0.1) is 6.92 Å². The summed E-state index contributed by atoms with van der Waals surface area (Å²) in [6.07, 6.45) is 0.529. The van der Waals surface area contributed by atoms with Gasteiger partial charge in [0, 0.05) is 18.4 Å². The highest BCUT2D eigenvalue weighted by Gasteiger charge is 2.13. The number of ketones is 1. The fraction of sp³-hybridized carbons (Fsp3) is 0.385. The Hall–Kier alpha value is -1.55. The molecule has 1 aromatic rings. The van der Waals surface area contributed by atoms with Crippen LogP contribution in [-0.4, -0.2) is 24.0 Å². The summed E-state index contributed by atoms with van der Waals surface area (Å²) in [7, 11) is 1.51. The van der Waals surface area contributed by atoms with Crippen LogP contribution in [0.15, 0.2) is 12.1 Å². The van der Waals surface area contributed by atoms with Crippen LogP contribution >= 0.6 is 11.6 Å². The Balaban J connectivity index is 2.80. The molecule has 1 aromatic carbocycles. The van der Waals surface area contributed by atoms with Crippen molar-refractivity contribution in [3.8, 4) is 5.75 Å². The fourth-order valence-corrected chi connectivity index (χ4v) is 1.89. The van der Waals surface area contributed by atoms with Crippen molar-refractivity contribution in [1.82, 2.24) is 0 Å². The molecule has 0 fully saturated rings. The first-order chi connectivity index (χ1) is 8.45. The monoisotopic (exact) mass is 270 g/mol. The first-order valence-corrected chi connectivity index (χ1v) is 5.92. The molecule has 1 N–H and O–H groups in total. The Kier molecular flexibility index (Phi) is 5.16. The van der Waals surface area contributed by atoms with Crippen LogP contribution in [0.25, 0.3) is 0 Å². The van der Waals surface area contributed by atoms with Gasteiger partial charge in [-0.1, -0.05) is 11.6 Å². The summed E-state index contributed by atoms with van der Waals surface area (Å²) in [6, 6.07) is 3.27. The third-order valence-electron chi connectivity index (χ3n) is 2.59. The summed E-state index contributed by atoms with van der Waals surface area (Å²) in [4.78, 5) is 22.3. The first-order valence-electron chi connectivity index (χ1n) is 5.55. The maximum atomic E-state index is 11.9. The zero-order valence-corrected chi connectivity index (χ0v) is 11.1. The average molecular weight is 271 g/mol. The number of halogens is 1. The molecule has 0 saturated carbocycles. The lowest BCUT2D eigenvalue weighted by Gasteiger charge is -2.09. The van der Waals surface area contributed by atoms with E-state index in [0.717, 1.165) is 5.56 Å². The van der Waals surface area contributed by atoms with Gasteiger partial charge in [0.2, 0.25) is 0 Å². The fourth-order valence-electron chi connectivity index (χ4n) is 1.65. The molecule has 0 aromatic heterocycles.